The molecule has 0 unspecified atom stereocenters. The fraction of sp³-hybridized carbons (Fsp3) is 0.357. The molecule has 0 amide bonds. The lowest BCUT2D eigenvalue weighted by atomic mass is 10.3. The lowest BCUT2D eigenvalue weighted by molar-refractivity contribution is 0.934. The molecule has 0 aliphatic rings. The lowest BCUT2D eigenvalue weighted by Crippen LogP contribution is -2.04. The normalized spacial score (nSPS) is 10.5. The van der Waals surface area contributed by atoms with E-state index in [2.05, 4.69) is 46.2 Å². The summed E-state index contributed by atoms with van der Waals surface area (Å²) in [5, 5.41) is 5.07. The Labute approximate surface area is 118 Å². The molecule has 0 radical (unpaired) electrons. The Morgan fingerprint density at radius 3 is 2.74 bits per heavy atom. The molecular weight excluding hydrogens is 256 g/mol. The lowest BCUT2D eigenvalue weighted by Gasteiger charge is -2.06. The van der Waals surface area contributed by atoms with Crippen molar-refractivity contribution < 1.29 is 0 Å². The average Bonchev–Trinajstić information content (AvgIpc) is 2.35. The van der Waals surface area contributed by atoms with Crippen molar-refractivity contribution in [2.24, 2.45) is 0 Å². The number of aromatic nitrogens is 3. The molecule has 2 rings (SSSR count). The number of aryl methyl sites for hydroxylation is 2. The Kier molecular flexibility index (Phi) is 4.74. The summed E-state index contributed by atoms with van der Waals surface area (Å²) in [5.74, 6) is 0.677. The second-order valence-electron chi connectivity index (χ2n) is 4.37. The number of nitrogens with zero attached hydrogens (tertiary/aromatic N) is 3. The first kappa shape index (κ1) is 13.8. The van der Waals surface area contributed by atoms with Crippen LogP contribution in [0.5, 0.6) is 0 Å². The average molecular weight is 274 g/mol. The Bertz CT molecular complexity index is 537. The first-order valence-electron chi connectivity index (χ1n) is 6.37. The molecule has 0 fully saturated rings. The molecule has 0 aliphatic heterocycles. The second-order valence-corrected chi connectivity index (χ2v) is 5.41. The minimum atomic E-state index is 0.677. The molecule has 0 bridgehead atoms. The standard InChI is InChI=1S/C14H18N4S/c1-4-6-15-14-16-7-5-12(18-14)19-13-9-10(2)8-11(3)17-13/h5,7-9H,4,6H2,1-3H3,(H,15,16,18). The molecule has 4 nitrogen and oxygen atoms in total. The van der Waals surface area contributed by atoms with Crippen molar-refractivity contribution in [3.05, 3.63) is 35.7 Å². The smallest absolute Gasteiger partial charge is 0.223 e. The molecule has 2 aromatic heterocycles. The van der Waals surface area contributed by atoms with Gasteiger partial charge < -0.3 is 5.32 Å². The molecule has 5 heteroatoms. The fourth-order valence-electron chi connectivity index (χ4n) is 1.68. The minimum absolute atomic E-state index is 0.677. The third-order valence-electron chi connectivity index (χ3n) is 2.45. The van der Waals surface area contributed by atoms with Gasteiger partial charge in [0.1, 0.15) is 10.1 Å². The van der Waals surface area contributed by atoms with E-state index in [9.17, 15) is 0 Å². The first-order valence-corrected chi connectivity index (χ1v) is 7.19. The zero-order valence-corrected chi connectivity index (χ0v) is 12.3. The molecule has 0 aliphatic carbocycles. The van der Waals surface area contributed by atoms with Gasteiger partial charge in [0.2, 0.25) is 5.95 Å². The van der Waals surface area contributed by atoms with Crippen LogP contribution in [0, 0.1) is 13.8 Å². The Balaban J connectivity index is 2.13. The van der Waals surface area contributed by atoms with E-state index in [1.54, 1.807) is 18.0 Å². The highest BCUT2D eigenvalue weighted by atomic mass is 32.2. The van der Waals surface area contributed by atoms with Crippen molar-refractivity contribution in [2.75, 3.05) is 11.9 Å². The van der Waals surface area contributed by atoms with Crippen LogP contribution in [0.4, 0.5) is 5.95 Å². The van der Waals surface area contributed by atoms with E-state index >= 15 is 0 Å². The maximum absolute atomic E-state index is 4.50. The van der Waals surface area contributed by atoms with E-state index in [1.165, 1.54) is 5.56 Å². The molecule has 1 N–H and O–H groups in total. The zero-order valence-electron chi connectivity index (χ0n) is 11.5. The summed E-state index contributed by atoms with van der Waals surface area (Å²) in [5.41, 5.74) is 2.24. The third-order valence-corrected chi connectivity index (χ3v) is 3.30. The number of hydrogen-bond donors (Lipinski definition) is 1. The monoisotopic (exact) mass is 274 g/mol. The Morgan fingerprint density at radius 2 is 2.00 bits per heavy atom. The van der Waals surface area contributed by atoms with Crippen molar-refractivity contribution in [1.29, 1.82) is 0 Å². The third kappa shape index (κ3) is 4.21. The molecule has 0 aromatic carbocycles. The van der Waals surface area contributed by atoms with E-state index in [0.717, 1.165) is 28.7 Å². The zero-order chi connectivity index (χ0) is 13.7. The summed E-state index contributed by atoms with van der Waals surface area (Å²) in [6.45, 7) is 7.08. The maximum atomic E-state index is 4.50. The number of anilines is 1. The van der Waals surface area contributed by atoms with Gasteiger partial charge in [-0.25, -0.2) is 15.0 Å². The van der Waals surface area contributed by atoms with Gasteiger partial charge in [-0.2, -0.15) is 0 Å². The van der Waals surface area contributed by atoms with Gasteiger partial charge in [0.25, 0.3) is 0 Å². The fourth-order valence-corrected chi connectivity index (χ4v) is 2.59. The first-order chi connectivity index (χ1) is 9.17. The van der Waals surface area contributed by atoms with E-state index in [4.69, 9.17) is 0 Å². The molecular formula is C14H18N4S. The molecule has 2 heterocycles. The summed E-state index contributed by atoms with van der Waals surface area (Å²) in [7, 11) is 0. The van der Waals surface area contributed by atoms with Crippen molar-refractivity contribution in [1.82, 2.24) is 15.0 Å². The predicted molar refractivity (Wildman–Crippen MR) is 78.6 cm³/mol. The molecule has 2 aromatic rings. The number of pyridine rings is 1. The van der Waals surface area contributed by atoms with Crippen LogP contribution in [0.25, 0.3) is 0 Å². The topological polar surface area (TPSA) is 50.7 Å². The summed E-state index contributed by atoms with van der Waals surface area (Å²) in [6, 6.07) is 6.04. The van der Waals surface area contributed by atoms with Crippen LogP contribution in [0.15, 0.2) is 34.4 Å². The highest BCUT2D eigenvalue weighted by Crippen LogP contribution is 2.25. The van der Waals surface area contributed by atoms with E-state index in [0.29, 0.717) is 5.95 Å². The van der Waals surface area contributed by atoms with Gasteiger partial charge in [0.05, 0.1) is 0 Å². The van der Waals surface area contributed by atoms with Gasteiger partial charge in [-0.15, -0.1) is 0 Å². The van der Waals surface area contributed by atoms with Gasteiger partial charge in [-0.05, 0) is 55.8 Å². The summed E-state index contributed by atoms with van der Waals surface area (Å²) in [4.78, 5) is 13.2. The Morgan fingerprint density at radius 1 is 1.16 bits per heavy atom. The van der Waals surface area contributed by atoms with Crippen LogP contribution in [0.1, 0.15) is 24.6 Å². The van der Waals surface area contributed by atoms with Crippen LogP contribution in [0.2, 0.25) is 0 Å². The predicted octanol–water partition coefficient (Wildman–Crippen LogP) is 3.46. The SMILES string of the molecule is CCCNc1nccc(Sc2cc(C)cc(C)n2)n1. The van der Waals surface area contributed by atoms with E-state index in [1.807, 2.05) is 13.0 Å². The van der Waals surface area contributed by atoms with Crippen LogP contribution >= 0.6 is 11.8 Å². The number of hydrogen-bond acceptors (Lipinski definition) is 5. The summed E-state index contributed by atoms with van der Waals surface area (Å²) < 4.78 is 0. The highest BCUT2D eigenvalue weighted by molar-refractivity contribution is 7.99. The van der Waals surface area contributed by atoms with Crippen LogP contribution in [-0.4, -0.2) is 21.5 Å². The maximum Gasteiger partial charge on any atom is 0.223 e. The van der Waals surface area contributed by atoms with Crippen molar-refractivity contribution in [3.8, 4) is 0 Å². The van der Waals surface area contributed by atoms with Crippen LogP contribution < -0.4 is 5.32 Å². The number of nitrogens with one attached hydrogen (secondary N) is 1. The van der Waals surface area contributed by atoms with Gasteiger partial charge in [-0.1, -0.05) is 6.92 Å². The van der Waals surface area contributed by atoms with Crippen LogP contribution in [0.3, 0.4) is 0 Å². The quantitative estimate of drug-likeness (QED) is 0.846. The van der Waals surface area contributed by atoms with E-state index < -0.39 is 0 Å². The van der Waals surface area contributed by atoms with Crippen molar-refractivity contribution in [2.45, 2.75) is 37.2 Å². The van der Waals surface area contributed by atoms with Gasteiger partial charge in [0.15, 0.2) is 0 Å². The summed E-state index contributed by atoms with van der Waals surface area (Å²) >= 11 is 1.56. The second kappa shape index (κ2) is 6.52. The molecule has 19 heavy (non-hydrogen) atoms. The molecule has 0 atom stereocenters. The minimum Gasteiger partial charge on any atom is -0.354 e. The molecule has 0 saturated heterocycles. The van der Waals surface area contributed by atoms with E-state index in [-0.39, 0.29) is 0 Å². The van der Waals surface area contributed by atoms with Crippen LogP contribution in [-0.2, 0) is 0 Å². The Hall–Kier alpha value is -1.62. The van der Waals surface area contributed by atoms with Crippen molar-refractivity contribution in [3.63, 3.8) is 0 Å². The highest BCUT2D eigenvalue weighted by Gasteiger charge is 2.04. The largest absolute Gasteiger partial charge is 0.354 e. The van der Waals surface area contributed by atoms with Crippen molar-refractivity contribution >= 4 is 17.7 Å². The number of rotatable bonds is 5. The van der Waals surface area contributed by atoms with Gasteiger partial charge >= 0.3 is 0 Å². The molecule has 0 saturated carbocycles. The molecule has 100 valence electrons. The van der Waals surface area contributed by atoms with Gasteiger partial charge in [0, 0.05) is 18.4 Å². The van der Waals surface area contributed by atoms with Gasteiger partial charge in [-0.3, -0.25) is 0 Å². The summed E-state index contributed by atoms with van der Waals surface area (Å²) in [6.07, 6.45) is 2.83. The molecule has 0 spiro atoms.